The molecule has 0 bridgehead atoms. The van der Waals surface area contributed by atoms with Crippen molar-refractivity contribution in [3.8, 4) is 5.75 Å². The maximum atomic E-state index is 11.8. The normalized spacial score (nSPS) is 10.2. The lowest BCUT2D eigenvalue weighted by molar-refractivity contribution is -0.116. The van der Waals surface area contributed by atoms with Crippen molar-refractivity contribution in [2.24, 2.45) is 0 Å². The van der Waals surface area contributed by atoms with Crippen molar-refractivity contribution in [1.82, 2.24) is 0 Å². The second-order valence-corrected chi connectivity index (χ2v) is 5.63. The fourth-order valence-electron chi connectivity index (χ4n) is 1.63. The summed E-state index contributed by atoms with van der Waals surface area (Å²) in [6, 6.07) is 12.2. The number of benzene rings is 2. The summed E-state index contributed by atoms with van der Waals surface area (Å²) in [6.45, 7) is 0.293. The predicted octanol–water partition coefficient (Wildman–Crippen LogP) is 4.09. The number of halogens is 2. The molecule has 2 rings (SSSR count). The quantitative estimate of drug-likeness (QED) is 0.780. The number of nitrogens with two attached hydrogens (primary N) is 1. The molecule has 0 radical (unpaired) electrons. The third kappa shape index (κ3) is 4.95. The number of hydrogen-bond donors (Lipinski definition) is 2. The van der Waals surface area contributed by atoms with Crippen LogP contribution in [0.4, 0.5) is 11.4 Å². The van der Waals surface area contributed by atoms with Gasteiger partial charge in [0.25, 0.3) is 0 Å². The zero-order valence-corrected chi connectivity index (χ0v) is 13.4. The van der Waals surface area contributed by atoms with Crippen LogP contribution in [0.5, 0.6) is 5.75 Å². The highest BCUT2D eigenvalue weighted by Gasteiger charge is 2.06. The number of rotatable bonds is 5. The molecule has 0 aliphatic heterocycles. The van der Waals surface area contributed by atoms with Crippen LogP contribution in [-0.2, 0) is 4.79 Å². The Kier molecular flexibility index (Phi) is 5.47. The summed E-state index contributed by atoms with van der Waals surface area (Å²) >= 11 is 9.19. The van der Waals surface area contributed by atoms with Crippen molar-refractivity contribution in [2.75, 3.05) is 17.7 Å². The summed E-state index contributed by atoms with van der Waals surface area (Å²) in [5.41, 5.74) is 6.93. The van der Waals surface area contributed by atoms with Gasteiger partial charge in [0.15, 0.2) is 0 Å². The maximum Gasteiger partial charge on any atom is 0.227 e. The molecular weight excluding hydrogens is 356 g/mol. The van der Waals surface area contributed by atoms with Gasteiger partial charge in [-0.15, -0.1) is 0 Å². The molecule has 2 aromatic carbocycles. The van der Waals surface area contributed by atoms with Crippen molar-refractivity contribution in [3.63, 3.8) is 0 Å². The Morgan fingerprint density at radius 2 is 1.95 bits per heavy atom. The van der Waals surface area contributed by atoms with Crippen LogP contribution in [-0.4, -0.2) is 12.5 Å². The van der Waals surface area contributed by atoms with Gasteiger partial charge < -0.3 is 15.8 Å². The van der Waals surface area contributed by atoms with E-state index in [1.807, 2.05) is 0 Å². The molecule has 0 heterocycles. The second kappa shape index (κ2) is 7.33. The van der Waals surface area contributed by atoms with Crippen LogP contribution in [0.3, 0.4) is 0 Å². The average molecular weight is 370 g/mol. The van der Waals surface area contributed by atoms with E-state index in [1.165, 1.54) is 0 Å². The highest BCUT2D eigenvalue weighted by molar-refractivity contribution is 9.10. The zero-order chi connectivity index (χ0) is 15.2. The summed E-state index contributed by atoms with van der Waals surface area (Å²) in [6.07, 6.45) is 0.249. The molecule has 110 valence electrons. The number of nitrogens with one attached hydrogen (secondary N) is 1. The van der Waals surface area contributed by atoms with Gasteiger partial charge in [-0.25, -0.2) is 0 Å². The van der Waals surface area contributed by atoms with E-state index in [9.17, 15) is 4.79 Å². The predicted molar refractivity (Wildman–Crippen MR) is 88.7 cm³/mol. The van der Waals surface area contributed by atoms with Crippen LogP contribution in [0.2, 0.25) is 5.02 Å². The molecule has 3 N–H and O–H groups in total. The minimum absolute atomic E-state index is 0.131. The van der Waals surface area contributed by atoms with Gasteiger partial charge in [0.2, 0.25) is 5.91 Å². The Morgan fingerprint density at radius 1 is 1.24 bits per heavy atom. The highest BCUT2D eigenvalue weighted by atomic mass is 79.9. The zero-order valence-electron chi connectivity index (χ0n) is 11.1. The van der Waals surface area contributed by atoms with E-state index in [2.05, 4.69) is 21.2 Å². The van der Waals surface area contributed by atoms with E-state index in [4.69, 9.17) is 22.1 Å². The second-order valence-electron chi connectivity index (χ2n) is 4.34. The minimum Gasteiger partial charge on any atom is -0.493 e. The Labute approximate surface area is 136 Å². The topological polar surface area (TPSA) is 64.3 Å². The Morgan fingerprint density at radius 3 is 2.62 bits per heavy atom. The summed E-state index contributed by atoms with van der Waals surface area (Å²) in [5.74, 6) is 0.554. The molecule has 0 unspecified atom stereocenters. The molecule has 0 aliphatic rings. The number of hydrogen-bond acceptors (Lipinski definition) is 3. The molecule has 0 aliphatic carbocycles. The Balaban J connectivity index is 1.81. The molecule has 1 amide bonds. The number of amides is 1. The molecule has 0 spiro atoms. The molecule has 0 aromatic heterocycles. The van der Waals surface area contributed by atoms with Crippen molar-refractivity contribution in [3.05, 3.63) is 52.0 Å². The van der Waals surface area contributed by atoms with E-state index in [1.54, 1.807) is 42.5 Å². The molecule has 6 heteroatoms. The van der Waals surface area contributed by atoms with Gasteiger partial charge in [-0.2, -0.15) is 0 Å². The molecule has 0 saturated heterocycles. The fraction of sp³-hybridized carbons (Fsp3) is 0.133. The lowest BCUT2D eigenvalue weighted by Crippen LogP contribution is -2.15. The van der Waals surface area contributed by atoms with E-state index in [-0.39, 0.29) is 12.3 Å². The van der Waals surface area contributed by atoms with Crippen molar-refractivity contribution in [2.45, 2.75) is 6.42 Å². The van der Waals surface area contributed by atoms with Crippen molar-refractivity contribution < 1.29 is 9.53 Å². The molecule has 0 saturated carbocycles. The average Bonchev–Trinajstić information content (AvgIpc) is 2.44. The highest BCUT2D eigenvalue weighted by Crippen LogP contribution is 2.25. The number of carbonyl (C=O) groups excluding carboxylic acids is 1. The Hall–Kier alpha value is -1.72. The van der Waals surface area contributed by atoms with Crippen LogP contribution in [0.25, 0.3) is 0 Å². The first kappa shape index (κ1) is 15.7. The van der Waals surface area contributed by atoms with Gasteiger partial charge >= 0.3 is 0 Å². The van der Waals surface area contributed by atoms with Gasteiger partial charge in [0.1, 0.15) is 5.75 Å². The number of ether oxygens (including phenoxy) is 1. The Bertz CT molecular complexity index is 632. The van der Waals surface area contributed by atoms with Crippen molar-refractivity contribution >= 4 is 44.8 Å². The van der Waals surface area contributed by atoms with Gasteiger partial charge in [-0.05, 0) is 58.4 Å². The van der Waals surface area contributed by atoms with Crippen LogP contribution in [0.15, 0.2) is 46.9 Å². The lowest BCUT2D eigenvalue weighted by Gasteiger charge is -2.09. The first-order valence-corrected chi connectivity index (χ1v) is 7.45. The molecule has 0 fully saturated rings. The van der Waals surface area contributed by atoms with E-state index < -0.39 is 0 Å². The third-order valence-corrected chi connectivity index (χ3v) is 3.57. The van der Waals surface area contributed by atoms with Gasteiger partial charge in [0, 0.05) is 15.2 Å². The first-order valence-electron chi connectivity index (χ1n) is 6.28. The van der Waals surface area contributed by atoms with Crippen LogP contribution < -0.4 is 15.8 Å². The van der Waals surface area contributed by atoms with Crippen LogP contribution in [0, 0.1) is 0 Å². The van der Waals surface area contributed by atoms with Gasteiger partial charge in [-0.3, -0.25) is 4.79 Å². The smallest absolute Gasteiger partial charge is 0.227 e. The number of anilines is 2. The summed E-state index contributed by atoms with van der Waals surface area (Å²) in [5, 5.41) is 3.39. The van der Waals surface area contributed by atoms with Crippen LogP contribution in [0.1, 0.15) is 6.42 Å². The monoisotopic (exact) mass is 368 g/mol. The van der Waals surface area contributed by atoms with Crippen LogP contribution >= 0.6 is 27.5 Å². The summed E-state index contributed by atoms with van der Waals surface area (Å²) < 4.78 is 6.21. The minimum atomic E-state index is -0.131. The molecular formula is C15H14BrClN2O2. The van der Waals surface area contributed by atoms with Gasteiger partial charge in [-0.1, -0.05) is 11.6 Å². The molecule has 4 nitrogen and oxygen atoms in total. The number of carbonyl (C=O) groups is 1. The van der Waals surface area contributed by atoms with E-state index in [0.29, 0.717) is 28.8 Å². The third-order valence-electron chi connectivity index (χ3n) is 2.68. The summed E-state index contributed by atoms with van der Waals surface area (Å²) in [4.78, 5) is 11.8. The van der Waals surface area contributed by atoms with E-state index >= 15 is 0 Å². The van der Waals surface area contributed by atoms with Gasteiger partial charge in [0.05, 0.1) is 18.7 Å². The summed E-state index contributed by atoms with van der Waals surface area (Å²) in [7, 11) is 0. The standard InChI is InChI=1S/C15H14BrClN2O2/c16-13-9-10(17)1-6-14(13)19-15(20)7-8-21-12-4-2-11(18)3-5-12/h1-6,9H,7-8,18H2,(H,19,20). The lowest BCUT2D eigenvalue weighted by atomic mass is 10.3. The SMILES string of the molecule is Nc1ccc(OCCC(=O)Nc2ccc(Cl)cc2Br)cc1. The number of nitrogen functional groups attached to an aromatic ring is 1. The van der Waals surface area contributed by atoms with Crippen molar-refractivity contribution in [1.29, 1.82) is 0 Å². The molecule has 2 aromatic rings. The largest absolute Gasteiger partial charge is 0.493 e. The maximum absolute atomic E-state index is 11.8. The molecule has 21 heavy (non-hydrogen) atoms. The van der Waals surface area contributed by atoms with E-state index in [0.717, 1.165) is 4.47 Å². The molecule has 0 atom stereocenters. The fourth-order valence-corrected chi connectivity index (χ4v) is 2.41. The first-order chi connectivity index (χ1) is 10.0.